The van der Waals surface area contributed by atoms with Gasteiger partial charge in [0.2, 0.25) is 0 Å². The van der Waals surface area contributed by atoms with Crippen LogP contribution in [0.15, 0.2) is 42.5 Å². The molecule has 1 aliphatic rings. The van der Waals surface area contributed by atoms with Crippen molar-refractivity contribution >= 4 is 43.9 Å². The standard InChI is InChI=1S/C27H29N3O2S/c1-14(2)16-10-17(12-18(11-16)27(4,5)32)20-7-6-19-21(30-20)8-9-22-23(19)24-25(33-22)26(31)29-15(3)13-28-24/h6-12,14-15,28,32H,13H2,1-5H3,(H,29,31)/t15-/m1/s1. The van der Waals surface area contributed by atoms with Gasteiger partial charge in [-0.05, 0) is 74.2 Å². The molecule has 4 aromatic rings. The minimum absolute atomic E-state index is 0.0222. The van der Waals surface area contributed by atoms with E-state index in [1.165, 1.54) is 16.9 Å². The topological polar surface area (TPSA) is 74.2 Å². The summed E-state index contributed by atoms with van der Waals surface area (Å²) in [6, 6.07) is 14.6. The number of anilines is 1. The number of nitrogens with zero attached hydrogens (tertiary/aromatic N) is 1. The molecule has 2 aromatic carbocycles. The van der Waals surface area contributed by atoms with Crippen LogP contribution in [-0.4, -0.2) is 28.6 Å². The molecule has 3 heterocycles. The molecule has 0 saturated carbocycles. The second-order valence-corrected chi connectivity index (χ2v) is 10.9. The zero-order chi connectivity index (χ0) is 23.5. The van der Waals surface area contributed by atoms with E-state index in [0.29, 0.717) is 12.5 Å². The molecule has 5 nitrogen and oxygen atoms in total. The lowest BCUT2D eigenvalue weighted by molar-refractivity contribution is 0.0785. The minimum Gasteiger partial charge on any atom is -0.386 e. The fraction of sp³-hybridized carbons (Fsp3) is 0.333. The lowest BCUT2D eigenvalue weighted by Gasteiger charge is -2.21. The van der Waals surface area contributed by atoms with E-state index < -0.39 is 5.60 Å². The summed E-state index contributed by atoms with van der Waals surface area (Å²) in [6.07, 6.45) is 0. The predicted octanol–water partition coefficient (Wildman–Crippen LogP) is 6.01. The third-order valence-corrected chi connectivity index (χ3v) is 7.47. The van der Waals surface area contributed by atoms with E-state index in [1.54, 1.807) is 0 Å². The van der Waals surface area contributed by atoms with Crippen molar-refractivity contribution in [2.75, 3.05) is 11.9 Å². The third kappa shape index (κ3) is 3.87. The average Bonchev–Trinajstić information content (AvgIpc) is 3.09. The van der Waals surface area contributed by atoms with E-state index >= 15 is 0 Å². The highest BCUT2D eigenvalue weighted by atomic mass is 32.1. The van der Waals surface area contributed by atoms with Crippen molar-refractivity contribution in [2.24, 2.45) is 0 Å². The quantitative estimate of drug-likeness (QED) is 0.351. The number of amides is 1. The molecule has 0 saturated heterocycles. The van der Waals surface area contributed by atoms with Crippen LogP contribution >= 0.6 is 11.3 Å². The van der Waals surface area contributed by atoms with Crippen molar-refractivity contribution in [3.63, 3.8) is 0 Å². The summed E-state index contributed by atoms with van der Waals surface area (Å²) in [5.41, 5.74) is 4.79. The van der Waals surface area contributed by atoms with Gasteiger partial charge in [-0.3, -0.25) is 4.79 Å². The van der Waals surface area contributed by atoms with Crippen molar-refractivity contribution in [1.82, 2.24) is 10.3 Å². The normalized spacial score (nSPS) is 16.6. The van der Waals surface area contributed by atoms with Crippen molar-refractivity contribution in [3.8, 4) is 11.3 Å². The molecule has 0 radical (unpaired) electrons. The Morgan fingerprint density at radius 1 is 1.15 bits per heavy atom. The largest absolute Gasteiger partial charge is 0.386 e. The zero-order valence-corrected chi connectivity index (χ0v) is 20.4. The van der Waals surface area contributed by atoms with Crippen LogP contribution < -0.4 is 10.6 Å². The van der Waals surface area contributed by atoms with Gasteiger partial charge in [-0.15, -0.1) is 11.3 Å². The summed E-state index contributed by atoms with van der Waals surface area (Å²) >= 11 is 1.52. The molecule has 0 bridgehead atoms. The van der Waals surface area contributed by atoms with Crippen LogP contribution in [0.2, 0.25) is 0 Å². The summed E-state index contributed by atoms with van der Waals surface area (Å²) < 4.78 is 1.07. The Labute approximate surface area is 197 Å². The van der Waals surface area contributed by atoms with Crippen LogP contribution in [0.3, 0.4) is 0 Å². The van der Waals surface area contributed by atoms with Gasteiger partial charge in [0, 0.05) is 33.6 Å². The Balaban J connectivity index is 1.68. The highest BCUT2D eigenvalue weighted by Crippen LogP contribution is 2.41. The molecular formula is C27H29N3O2S. The number of benzene rings is 2. The summed E-state index contributed by atoms with van der Waals surface area (Å²) in [7, 11) is 0. The number of carbonyl (C=O) groups excluding carboxylic acids is 1. The first-order valence-corrected chi connectivity index (χ1v) is 12.2. The Hall–Kier alpha value is -2.96. The van der Waals surface area contributed by atoms with Gasteiger partial charge < -0.3 is 15.7 Å². The number of aliphatic hydroxyl groups is 1. The molecule has 2 aromatic heterocycles. The molecule has 5 rings (SSSR count). The highest BCUT2D eigenvalue weighted by molar-refractivity contribution is 7.21. The molecule has 6 heteroatoms. The fourth-order valence-corrected chi connectivity index (χ4v) is 5.47. The first kappa shape index (κ1) is 21.9. The number of aromatic nitrogens is 1. The van der Waals surface area contributed by atoms with Crippen LogP contribution in [0, 0.1) is 0 Å². The summed E-state index contributed by atoms with van der Waals surface area (Å²) in [5.74, 6) is 0.318. The van der Waals surface area contributed by atoms with Gasteiger partial charge in [-0.2, -0.15) is 0 Å². The predicted molar refractivity (Wildman–Crippen MR) is 137 cm³/mol. The van der Waals surface area contributed by atoms with E-state index in [1.807, 2.05) is 39.0 Å². The van der Waals surface area contributed by atoms with Gasteiger partial charge in [0.05, 0.1) is 22.5 Å². The van der Waals surface area contributed by atoms with Crippen molar-refractivity contribution in [2.45, 2.75) is 52.2 Å². The fourth-order valence-electron chi connectivity index (χ4n) is 4.37. The van der Waals surface area contributed by atoms with E-state index in [-0.39, 0.29) is 11.9 Å². The van der Waals surface area contributed by atoms with E-state index in [4.69, 9.17) is 4.98 Å². The lowest BCUT2D eigenvalue weighted by atomic mass is 9.90. The molecule has 0 spiro atoms. The van der Waals surface area contributed by atoms with Gasteiger partial charge in [-0.25, -0.2) is 4.98 Å². The maximum absolute atomic E-state index is 12.7. The molecule has 33 heavy (non-hydrogen) atoms. The zero-order valence-electron chi connectivity index (χ0n) is 19.6. The number of rotatable bonds is 3. The van der Waals surface area contributed by atoms with Crippen molar-refractivity contribution < 1.29 is 9.90 Å². The number of nitrogens with one attached hydrogen (secondary N) is 2. The second-order valence-electron chi connectivity index (χ2n) is 9.82. The Bertz CT molecular complexity index is 1400. The van der Waals surface area contributed by atoms with Gasteiger partial charge >= 0.3 is 0 Å². The number of thiophene rings is 1. The van der Waals surface area contributed by atoms with Gasteiger partial charge in [0.25, 0.3) is 5.91 Å². The molecule has 0 aliphatic carbocycles. The Morgan fingerprint density at radius 3 is 2.67 bits per heavy atom. The number of hydrogen-bond donors (Lipinski definition) is 3. The highest BCUT2D eigenvalue weighted by Gasteiger charge is 2.25. The maximum Gasteiger partial charge on any atom is 0.263 e. The van der Waals surface area contributed by atoms with Crippen molar-refractivity contribution in [1.29, 1.82) is 0 Å². The van der Waals surface area contributed by atoms with Crippen LogP contribution in [-0.2, 0) is 5.60 Å². The summed E-state index contributed by atoms with van der Waals surface area (Å²) in [4.78, 5) is 18.4. The molecule has 0 fully saturated rings. The van der Waals surface area contributed by atoms with Crippen LogP contribution in [0.1, 0.15) is 61.3 Å². The monoisotopic (exact) mass is 459 g/mol. The first-order chi connectivity index (χ1) is 15.6. The van der Waals surface area contributed by atoms with Crippen molar-refractivity contribution in [3.05, 3.63) is 58.5 Å². The van der Waals surface area contributed by atoms with Crippen LogP contribution in [0.5, 0.6) is 0 Å². The van der Waals surface area contributed by atoms with Gasteiger partial charge in [-0.1, -0.05) is 19.9 Å². The van der Waals surface area contributed by atoms with Gasteiger partial charge in [0.1, 0.15) is 4.88 Å². The lowest BCUT2D eigenvalue weighted by Crippen LogP contribution is -2.34. The molecule has 3 N–H and O–H groups in total. The minimum atomic E-state index is -0.930. The smallest absolute Gasteiger partial charge is 0.263 e. The number of carbonyl (C=O) groups is 1. The van der Waals surface area contributed by atoms with Gasteiger partial charge in [0.15, 0.2) is 0 Å². The third-order valence-electron chi connectivity index (χ3n) is 6.32. The molecule has 1 aliphatic heterocycles. The number of fused-ring (bicyclic) bond motifs is 5. The summed E-state index contributed by atoms with van der Waals surface area (Å²) in [6.45, 7) is 10.6. The molecule has 0 unspecified atom stereocenters. The Morgan fingerprint density at radius 2 is 1.94 bits per heavy atom. The van der Waals surface area contributed by atoms with Crippen LogP contribution in [0.25, 0.3) is 32.2 Å². The molecule has 1 atom stereocenters. The second kappa shape index (κ2) is 7.82. The van der Waals surface area contributed by atoms with E-state index in [9.17, 15) is 9.90 Å². The molecule has 1 amide bonds. The van der Waals surface area contributed by atoms with E-state index in [2.05, 4.69) is 48.7 Å². The Kier molecular flexibility index (Phi) is 5.18. The van der Waals surface area contributed by atoms with E-state index in [0.717, 1.165) is 48.4 Å². The molecule has 170 valence electrons. The SMILES string of the molecule is CC(C)c1cc(-c2ccc3c(ccc4sc5c(c43)NC[C@@H](C)NC5=O)n2)cc(C(C)(C)O)c1. The number of pyridine rings is 1. The maximum atomic E-state index is 12.7. The average molecular weight is 460 g/mol. The molecular weight excluding hydrogens is 430 g/mol. The first-order valence-electron chi connectivity index (χ1n) is 11.4. The number of hydrogen-bond acceptors (Lipinski definition) is 5. The summed E-state index contributed by atoms with van der Waals surface area (Å²) in [5, 5.41) is 19.3. The van der Waals surface area contributed by atoms with Crippen LogP contribution in [0.4, 0.5) is 5.69 Å².